The van der Waals surface area contributed by atoms with Crippen molar-refractivity contribution in [3.8, 4) is 28.4 Å². The third-order valence-corrected chi connectivity index (χ3v) is 14.7. The van der Waals surface area contributed by atoms with Gasteiger partial charge >= 0.3 is 0 Å². The van der Waals surface area contributed by atoms with Crippen LogP contribution in [0, 0.1) is 18.8 Å². The van der Waals surface area contributed by atoms with Crippen LogP contribution in [0.25, 0.3) is 38.8 Å². The second kappa shape index (κ2) is 16.9. The van der Waals surface area contributed by atoms with Gasteiger partial charge in [0.1, 0.15) is 5.82 Å². The molecule has 2 atom stereocenters. The summed E-state index contributed by atoms with van der Waals surface area (Å²) in [6.07, 6.45) is 1.92. The van der Waals surface area contributed by atoms with E-state index in [4.69, 9.17) is 9.72 Å². The SMILES string of the molecule is CC(C)c1cc(C(C)C)c(-c2cccc([N@+]34[CH-][N+]3(c3[c-]c(Oc5[c-]c6c(cc5)c5ccccc5n6-c5cc(C(C)(C)C)ccn5)cc(C(C)(C)C)c3)c3cc(C(C)(C)C)ccc34)c2)c(C(C)C)c1.[Pt]. The van der Waals surface area contributed by atoms with Gasteiger partial charge in [-0.25, -0.2) is 9.58 Å². The zero-order valence-electron chi connectivity index (χ0n) is 43.4. The fourth-order valence-corrected chi connectivity index (χ4v) is 10.6. The van der Waals surface area contributed by atoms with Crippen LogP contribution >= 0.6 is 0 Å². The summed E-state index contributed by atoms with van der Waals surface area (Å²) in [7, 11) is 0. The topological polar surface area (TPSA) is 27.1 Å². The van der Waals surface area contributed by atoms with Gasteiger partial charge < -0.3 is 9.30 Å². The van der Waals surface area contributed by atoms with Crippen molar-refractivity contribution in [1.29, 1.82) is 0 Å². The van der Waals surface area contributed by atoms with Crippen molar-refractivity contribution >= 4 is 44.6 Å². The molecule has 358 valence electrons. The minimum absolute atomic E-state index is 0. The molecule has 0 radical (unpaired) electrons. The maximum absolute atomic E-state index is 7.01. The molecule has 1 unspecified atom stereocenters. The zero-order valence-corrected chi connectivity index (χ0v) is 45.6. The number of fused-ring (bicyclic) bond motifs is 7. The molecule has 1 saturated heterocycles. The van der Waals surface area contributed by atoms with Crippen molar-refractivity contribution in [2.45, 2.75) is 138 Å². The van der Waals surface area contributed by atoms with Gasteiger partial charge in [-0.05, 0) is 96.5 Å². The second-order valence-corrected chi connectivity index (χ2v) is 23.6. The molecular weight excluding hydrogens is 1020 g/mol. The average Bonchev–Trinajstić information content (AvgIpc) is 3.78. The van der Waals surface area contributed by atoms with Crippen LogP contribution < -0.4 is 13.9 Å². The molecule has 5 nitrogen and oxygen atoms in total. The number of hydrogen-bond donors (Lipinski definition) is 0. The van der Waals surface area contributed by atoms with Crippen molar-refractivity contribution in [1.82, 2.24) is 18.7 Å². The van der Waals surface area contributed by atoms with Crippen molar-refractivity contribution < 1.29 is 25.8 Å². The molecule has 6 heteroatoms. The molecule has 4 heterocycles. The van der Waals surface area contributed by atoms with Gasteiger partial charge in [0.05, 0.1) is 5.69 Å². The Morgan fingerprint density at radius 3 is 1.88 bits per heavy atom. The minimum Gasteiger partial charge on any atom is -0.509 e. The predicted octanol–water partition coefficient (Wildman–Crippen LogP) is 17.8. The molecule has 6 aromatic carbocycles. The normalized spacial score (nSPS) is 17.8. The van der Waals surface area contributed by atoms with E-state index in [9.17, 15) is 0 Å². The van der Waals surface area contributed by atoms with Crippen LogP contribution in [0.2, 0.25) is 0 Å². The van der Waals surface area contributed by atoms with Crippen LogP contribution in [0.4, 0.5) is 22.7 Å². The third-order valence-electron chi connectivity index (χ3n) is 14.7. The van der Waals surface area contributed by atoms with E-state index < -0.39 is 0 Å². The summed E-state index contributed by atoms with van der Waals surface area (Å²) in [6, 6.07) is 50.8. The number of ether oxygens (including phenoxy) is 1. The number of quaternary nitrogens is 2. The fraction of sp³-hybridized carbons (Fsp3) is 0.333. The molecule has 0 N–H and O–H groups in total. The summed E-state index contributed by atoms with van der Waals surface area (Å²) in [4.78, 5) is 4.92. The van der Waals surface area contributed by atoms with Crippen LogP contribution in [-0.2, 0) is 37.3 Å². The van der Waals surface area contributed by atoms with Crippen LogP contribution in [0.3, 0.4) is 0 Å². The van der Waals surface area contributed by atoms with Crippen LogP contribution in [0.5, 0.6) is 11.5 Å². The summed E-state index contributed by atoms with van der Waals surface area (Å²) in [5.41, 5.74) is 17.3. The largest absolute Gasteiger partial charge is 0.509 e. The van der Waals surface area contributed by atoms with Crippen LogP contribution in [-0.4, -0.2) is 9.55 Å². The molecule has 0 spiro atoms. The van der Waals surface area contributed by atoms with E-state index in [1.807, 2.05) is 6.20 Å². The first-order valence-electron chi connectivity index (χ1n) is 24.8. The molecule has 0 amide bonds. The van der Waals surface area contributed by atoms with Gasteiger partial charge in [-0.3, -0.25) is 0 Å². The van der Waals surface area contributed by atoms with Crippen LogP contribution in [0.15, 0.2) is 121 Å². The molecule has 8 aromatic rings. The third kappa shape index (κ3) is 7.92. The van der Waals surface area contributed by atoms with Crippen molar-refractivity contribution in [3.63, 3.8) is 0 Å². The van der Waals surface area contributed by atoms with Gasteiger partial charge in [0.2, 0.25) is 11.4 Å². The van der Waals surface area contributed by atoms with Gasteiger partial charge in [0.15, 0.2) is 12.4 Å². The van der Waals surface area contributed by atoms with E-state index in [0.717, 1.165) is 33.3 Å². The van der Waals surface area contributed by atoms with E-state index in [-0.39, 0.29) is 37.3 Å². The smallest absolute Gasteiger partial charge is 0.225 e. The Hall–Kier alpha value is -5.32. The Balaban J connectivity index is 0.00000593. The predicted molar refractivity (Wildman–Crippen MR) is 287 cm³/mol. The first-order valence-corrected chi connectivity index (χ1v) is 24.8. The number of rotatable bonds is 9. The van der Waals surface area contributed by atoms with Gasteiger partial charge in [0, 0.05) is 68.5 Å². The first kappa shape index (κ1) is 48.7. The molecule has 0 saturated carbocycles. The Morgan fingerprint density at radius 1 is 0.565 bits per heavy atom. The Morgan fingerprint density at radius 2 is 1.23 bits per heavy atom. The maximum atomic E-state index is 7.01. The van der Waals surface area contributed by atoms with E-state index in [0.29, 0.717) is 38.4 Å². The number of para-hydroxylation sites is 1. The second-order valence-electron chi connectivity index (χ2n) is 23.6. The molecule has 1 fully saturated rings. The quantitative estimate of drug-likeness (QED) is 0.0818. The summed E-state index contributed by atoms with van der Waals surface area (Å²) in [5, 5.41) is 2.26. The molecule has 0 aliphatic carbocycles. The number of nitrogens with zero attached hydrogens (tertiary/aromatic N) is 4. The zero-order chi connectivity index (χ0) is 48.5. The molecule has 2 aliphatic rings. The van der Waals surface area contributed by atoms with Gasteiger partial charge in [-0.1, -0.05) is 164 Å². The van der Waals surface area contributed by atoms with Gasteiger partial charge in [-0.2, -0.15) is 10.7 Å². The van der Waals surface area contributed by atoms with Crippen LogP contribution in [0.1, 0.15) is 155 Å². The van der Waals surface area contributed by atoms with Gasteiger partial charge in [0.25, 0.3) is 0 Å². The Bertz CT molecular complexity index is 3270. The molecule has 69 heavy (non-hydrogen) atoms. The van der Waals surface area contributed by atoms with Crippen molar-refractivity contribution in [2.24, 2.45) is 0 Å². The molecule has 2 aliphatic heterocycles. The minimum atomic E-state index is -0.167. The number of aromatic nitrogens is 2. The number of benzene rings is 6. The van der Waals surface area contributed by atoms with Crippen molar-refractivity contribution in [3.05, 3.63) is 174 Å². The Kier molecular flexibility index (Phi) is 11.9. The average molecular weight is 1090 g/mol. The standard InChI is InChI=1S/C63H69N4O.Pt/c1-39(2)43-30-53(40(3)4)60(54(31-43)41(5)6)42-19-18-20-47(29-42)66-38-67(66,58-34-44(61(7,8)9)23-26-57(58)66)48-32-46(63(13,14)15)33-50(36-48)68-49-24-25-52-51-21-16-17-22-55(51)65(56(52)37-49)59-35-45(27-28-64-59)62(10,11)12;/h16-35,38-41H,1-15H3;/q-1;/t66-,67?;/m0./s1. The van der Waals surface area contributed by atoms with E-state index in [2.05, 4.69) is 242 Å². The monoisotopic (exact) mass is 1090 g/mol. The molecule has 10 rings (SSSR count). The number of pyridine rings is 1. The summed E-state index contributed by atoms with van der Waals surface area (Å²) in [6.45, 7) is 37.0. The van der Waals surface area contributed by atoms with Crippen molar-refractivity contribution in [2.75, 3.05) is 0 Å². The first-order chi connectivity index (χ1) is 32.0. The summed E-state index contributed by atoms with van der Waals surface area (Å²) >= 11 is 0. The summed E-state index contributed by atoms with van der Waals surface area (Å²) < 4.78 is 10.3. The fourth-order valence-electron chi connectivity index (χ4n) is 10.6. The molecule has 2 aromatic heterocycles. The van der Waals surface area contributed by atoms with E-state index in [1.165, 1.54) is 61.6 Å². The summed E-state index contributed by atoms with van der Waals surface area (Å²) in [5.74, 6) is 3.39. The number of hydrogen-bond acceptors (Lipinski definition) is 2. The molecular formula is C63H69N4OPt-. The van der Waals surface area contributed by atoms with E-state index >= 15 is 0 Å². The van der Waals surface area contributed by atoms with Gasteiger partial charge in [-0.15, -0.1) is 35.2 Å². The van der Waals surface area contributed by atoms with E-state index in [1.54, 1.807) is 0 Å². The maximum Gasteiger partial charge on any atom is 0.225 e. The Labute approximate surface area is 426 Å². The molecule has 0 bridgehead atoms.